The zero-order valence-corrected chi connectivity index (χ0v) is 15.7. The van der Waals surface area contributed by atoms with Gasteiger partial charge in [-0.3, -0.25) is 23.9 Å². The third-order valence-corrected chi connectivity index (χ3v) is 4.22. The number of hydrogen-bond donors (Lipinski definition) is 3. The number of rotatable bonds is 8. The van der Waals surface area contributed by atoms with E-state index in [2.05, 4.69) is 15.3 Å². The van der Waals surface area contributed by atoms with Gasteiger partial charge in [0.1, 0.15) is 0 Å². The van der Waals surface area contributed by atoms with Crippen LogP contribution in [0.5, 0.6) is 0 Å². The van der Waals surface area contributed by atoms with E-state index < -0.39 is 23.1 Å². The Bertz CT molecular complexity index is 974. The molecule has 0 spiro atoms. The molecule has 0 saturated heterocycles. The SMILES string of the molecule is CCn1c(=O)[nH]c(=O)c2c(C(=O)NCCCCC(=O)O)cc(C(C)C)nc21. The van der Waals surface area contributed by atoms with Gasteiger partial charge in [-0.05, 0) is 31.7 Å². The van der Waals surface area contributed by atoms with Gasteiger partial charge in [0, 0.05) is 25.2 Å². The summed E-state index contributed by atoms with van der Waals surface area (Å²) in [7, 11) is 0. The third-order valence-electron chi connectivity index (χ3n) is 4.22. The number of carboxylic acids is 1. The van der Waals surface area contributed by atoms with Crippen molar-refractivity contribution >= 4 is 22.9 Å². The molecule has 0 radical (unpaired) electrons. The Kier molecular flexibility index (Phi) is 6.49. The van der Waals surface area contributed by atoms with Crippen LogP contribution in [0, 0.1) is 0 Å². The predicted molar refractivity (Wildman–Crippen MR) is 100 cm³/mol. The molecule has 0 aliphatic heterocycles. The van der Waals surface area contributed by atoms with Gasteiger partial charge in [-0.1, -0.05) is 13.8 Å². The molecule has 0 atom stereocenters. The maximum Gasteiger partial charge on any atom is 0.329 e. The molecule has 27 heavy (non-hydrogen) atoms. The average Bonchev–Trinajstić information content (AvgIpc) is 2.60. The molecule has 2 heterocycles. The Hall–Kier alpha value is -2.97. The minimum atomic E-state index is -0.882. The number of aryl methyl sites for hydroxylation is 1. The highest BCUT2D eigenvalue weighted by molar-refractivity contribution is 6.05. The highest BCUT2D eigenvalue weighted by atomic mass is 16.4. The van der Waals surface area contributed by atoms with E-state index in [4.69, 9.17) is 5.11 Å². The highest BCUT2D eigenvalue weighted by Crippen LogP contribution is 2.19. The second-order valence-electron chi connectivity index (χ2n) is 6.56. The summed E-state index contributed by atoms with van der Waals surface area (Å²) in [5.41, 5.74) is -0.272. The fraction of sp³-hybridized carbons (Fsp3) is 0.500. The number of carbonyl (C=O) groups excluding carboxylic acids is 1. The monoisotopic (exact) mass is 376 g/mol. The van der Waals surface area contributed by atoms with E-state index in [9.17, 15) is 19.2 Å². The quantitative estimate of drug-likeness (QED) is 0.593. The van der Waals surface area contributed by atoms with Gasteiger partial charge in [0.25, 0.3) is 11.5 Å². The van der Waals surface area contributed by atoms with E-state index >= 15 is 0 Å². The fourth-order valence-electron chi connectivity index (χ4n) is 2.76. The molecule has 2 aromatic heterocycles. The highest BCUT2D eigenvalue weighted by Gasteiger charge is 2.19. The summed E-state index contributed by atoms with van der Waals surface area (Å²) in [5.74, 6) is -1.34. The van der Waals surface area contributed by atoms with E-state index in [0.29, 0.717) is 25.1 Å². The smallest absolute Gasteiger partial charge is 0.329 e. The van der Waals surface area contributed by atoms with Gasteiger partial charge < -0.3 is 10.4 Å². The van der Waals surface area contributed by atoms with Gasteiger partial charge in [0.05, 0.1) is 10.9 Å². The van der Waals surface area contributed by atoms with Crippen molar-refractivity contribution in [3.8, 4) is 0 Å². The number of fused-ring (bicyclic) bond motifs is 1. The lowest BCUT2D eigenvalue weighted by Crippen LogP contribution is -2.33. The molecule has 1 amide bonds. The molecule has 9 nitrogen and oxygen atoms in total. The van der Waals surface area contributed by atoms with Crippen molar-refractivity contribution in [2.24, 2.45) is 0 Å². The van der Waals surface area contributed by atoms with Crippen LogP contribution in [0.2, 0.25) is 0 Å². The lowest BCUT2D eigenvalue weighted by atomic mass is 10.0. The third kappa shape index (κ3) is 4.60. The van der Waals surface area contributed by atoms with Crippen LogP contribution in [0.15, 0.2) is 15.7 Å². The van der Waals surface area contributed by atoms with E-state index in [1.54, 1.807) is 13.0 Å². The number of carboxylic acid groups (broad SMARTS) is 1. The second-order valence-corrected chi connectivity index (χ2v) is 6.56. The molecule has 0 saturated carbocycles. The van der Waals surface area contributed by atoms with Crippen molar-refractivity contribution in [1.29, 1.82) is 0 Å². The molecule has 2 rings (SSSR count). The van der Waals surface area contributed by atoms with Crippen LogP contribution in [-0.2, 0) is 11.3 Å². The summed E-state index contributed by atoms with van der Waals surface area (Å²) in [5, 5.41) is 11.4. The number of amides is 1. The Morgan fingerprint density at radius 1 is 1.30 bits per heavy atom. The second kappa shape index (κ2) is 8.61. The first-order chi connectivity index (χ1) is 12.8. The summed E-state index contributed by atoms with van der Waals surface area (Å²) in [6, 6.07) is 1.57. The first kappa shape index (κ1) is 20.3. The first-order valence-electron chi connectivity index (χ1n) is 8.94. The molecule has 0 aromatic carbocycles. The van der Waals surface area contributed by atoms with E-state index in [1.807, 2.05) is 13.8 Å². The maximum absolute atomic E-state index is 12.7. The zero-order chi connectivity index (χ0) is 20.1. The van der Waals surface area contributed by atoms with Crippen molar-refractivity contribution in [2.45, 2.75) is 52.5 Å². The number of aliphatic carboxylic acids is 1. The lowest BCUT2D eigenvalue weighted by Gasteiger charge is -2.14. The molecule has 9 heteroatoms. The Balaban J connectivity index is 2.45. The lowest BCUT2D eigenvalue weighted by molar-refractivity contribution is -0.137. The number of H-pyrrole nitrogens is 1. The van der Waals surface area contributed by atoms with Crippen LogP contribution in [-0.4, -0.2) is 38.1 Å². The number of nitrogens with zero attached hydrogens (tertiary/aromatic N) is 2. The molecule has 2 aromatic rings. The van der Waals surface area contributed by atoms with E-state index in [-0.39, 0.29) is 35.5 Å². The number of hydrogen-bond acceptors (Lipinski definition) is 5. The van der Waals surface area contributed by atoms with Crippen molar-refractivity contribution in [1.82, 2.24) is 19.9 Å². The first-order valence-corrected chi connectivity index (χ1v) is 8.94. The predicted octanol–water partition coefficient (Wildman–Crippen LogP) is 1.21. The van der Waals surface area contributed by atoms with Crippen LogP contribution >= 0.6 is 0 Å². The van der Waals surface area contributed by atoms with Crippen molar-refractivity contribution in [2.75, 3.05) is 6.54 Å². The fourth-order valence-corrected chi connectivity index (χ4v) is 2.76. The van der Waals surface area contributed by atoms with Crippen LogP contribution in [0.3, 0.4) is 0 Å². The van der Waals surface area contributed by atoms with Gasteiger partial charge in [-0.25, -0.2) is 9.78 Å². The topological polar surface area (TPSA) is 134 Å². The average molecular weight is 376 g/mol. The van der Waals surface area contributed by atoms with Gasteiger partial charge in [0.15, 0.2) is 5.65 Å². The number of pyridine rings is 1. The molecule has 3 N–H and O–H groups in total. The van der Waals surface area contributed by atoms with Crippen LogP contribution in [0.1, 0.15) is 62.0 Å². The van der Waals surface area contributed by atoms with Gasteiger partial charge in [0.2, 0.25) is 0 Å². The molecule has 0 unspecified atom stereocenters. The Morgan fingerprint density at radius 2 is 2.00 bits per heavy atom. The number of aromatic nitrogens is 3. The minimum absolute atomic E-state index is 0.00351. The van der Waals surface area contributed by atoms with Crippen molar-refractivity contribution in [3.63, 3.8) is 0 Å². The zero-order valence-electron chi connectivity index (χ0n) is 15.7. The van der Waals surface area contributed by atoms with Gasteiger partial charge >= 0.3 is 11.7 Å². The number of aromatic amines is 1. The Labute approximate surface area is 155 Å². The molecular weight excluding hydrogens is 352 g/mol. The normalized spacial score (nSPS) is 11.1. The summed E-state index contributed by atoms with van der Waals surface area (Å²) in [4.78, 5) is 54.3. The van der Waals surface area contributed by atoms with Crippen LogP contribution in [0.4, 0.5) is 0 Å². The molecule has 0 bridgehead atoms. The Morgan fingerprint density at radius 3 is 2.59 bits per heavy atom. The molecular formula is C18H24N4O5. The van der Waals surface area contributed by atoms with Crippen molar-refractivity contribution in [3.05, 3.63) is 38.2 Å². The number of carbonyl (C=O) groups is 2. The van der Waals surface area contributed by atoms with Crippen LogP contribution < -0.4 is 16.6 Å². The van der Waals surface area contributed by atoms with Crippen molar-refractivity contribution < 1.29 is 14.7 Å². The van der Waals surface area contributed by atoms with Gasteiger partial charge in [-0.2, -0.15) is 0 Å². The molecule has 0 fully saturated rings. The van der Waals surface area contributed by atoms with Gasteiger partial charge in [-0.15, -0.1) is 0 Å². The minimum Gasteiger partial charge on any atom is -0.481 e. The summed E-state index contributed by atoms with van der Waals surface area (Å²) < 4.78 is 1.33. The standard InChI is InChI=1S/C18H24N4O5/c1-4-22-15-14(17(26)21-18(22)27)11(9-12(20-15)10(2)3)16(25)19-8-6-5-7-13(23)24/h9-10H,4-8H2,1-3H3,(H,19,25)(H,23,24)(H,21,26,27). The largest absolute Gasteiger partial charge is 0.481 e. The summed E-state index contributed by atoms with van der Waals surface area (Å²) in [6.07, 6.45) is 0.988. The molecule has 0 aliphatic carbocycles. The number of nitrogens with one attached hydrogen (secondary N) is 2. The summed E-state index contributed by atoms with van der Waals surface area (Å²) in [6.45, 7) is 6.16. The maximum atomic E-state index is 12.7. The van der Waals surface area contributed by atoms with Crippen LogP contribution in [0.25, 0.3) is 11.0 Å². The molecule has 146 valence electrons. The summed E-state index contributed by atoms with van der Waals surface area (Å²) >= 11 is 0. The van der Waals surface area contributed by atoms with E-state index in [0.717, 1.165) is 0 Å². The number of unbranched alkanes of at least 4 members (excludes halogenated alkanes) is 1. The molecule has 0 aliphatic rings. The van der Waals surface area contributed by atoms with E-state index in [1.165, 1.54) is 4.57 Å².